The van der Waals surface area contributed by atoms with Crippen molar-refractivity contribution >= 4 is 189 Å². The fraction of sp³-hybridized carbons (Fsp3) is 0.0139. The van der Waals surface area contributed by atoms with E-state index >= 15 is 0 Å². The van der Waals surface area contributed by atoms with Crippen LogP contribution < -0.4 is 0 Å². The van der Waals surface area contributed by atoms with Crippen molar-refractivity contribution < 1.29 is 0 Å². The van der Waals surface area contributed by atoms with Crippen molar-refractivity contribution in [3.63, 3.8) is 0 Å². The van der Waals surface area contributed by atoms with Gasteiger partial charge in [0, 0.05) is 0 Å². The lowest BCUT2D eigenvalue weighted by Gasteiger charge is -2.22. The van der Waals surface area contributed by atoms with Crippen molar-refractivity contribution in [1.29, 1.82) is 0 Å². The SMILES string of the molecule is C1=Cc2c(cc(-c3c4ccccc4c(-c4cccc5ccccc45)c4ccccc34)c3ccccc23)CC1.c1ccc2c(-c3c4ccccc4c(-c4cccc5ccccc45)c4ccccc34)cccc2c1.c1ccc2cc(-c3c4ccccc4c(-c4cc5ccccc5c5ccccc45)c4ccccc34)ccc2c1.c1ccc2cc(-c3c4ccccc4c(-c4cccc5ccccc45)c4ccccc34)ccc2c1. The van der Waals surface area contributed by atoms with Gasteiger partial charge in [0.2, 0.25) is 0 Å². The number of aryl methyl sites for hydroxylation is 1. The number of benzene rings is 29. The van der Waals surface area contributed by atoms with E-state index in [1.165, 1.54) is 283 Å². The van der Waals surface area contributed by atoms with Gasteiger partial charge >= 0.3 is 0 Å². The largest absolute Gasteiger partial charge is 0.0836 e. The molecule has 670 valence electrons. The maximum absolute atomic E-state index is 2.48. The van der Waals surface area contributed by atoms with Gasteiger partial charge in [-0.3, -0.25) is 0 Å². The van der Waals surface area contributed by atoms with Gasteiger partial charge in [-0.15, -0.1) is 0 Å². The Bertz CT molecular complexity index is 9920. The van der Waals surface area contributed by atoms with Crippen LogP contribution in [0, 0.1) is 0 Å². The van der Waals surface area contributed by atoms with Gasteiger partial charge in [-0.25, -0.2) is 0 Å². The van der Waals surface area contributed by atoms with E-state index in [2.05, 4.69) is 546 Å². The quantitative estimate of drug-likeness (QED) is 0.105. The number of hydrogen-bond acceptors (Lipinski definition) is 0. The van der Waals surface area contributed by atoms with E-state index in [-0.39, 0.29) is 0 Å². The molecule has 1 aliphatic carbocycles. The van der Waals surface area contributed by atoms with Crippen molar-refractivity contribution in [1.82, 2.24) is 0 Å². The van der Waals surface area contributed by atoms with Gasteiger partial charge < -0.3 is 0 Å². The molecule has 0 saturated heterocycles. The van der Waals surface area contributed by atoms with Crippen molar-refractivity contribution in [3.05, 3.63) is 551 Å². The molecule has 0 unspecified atom stereocenters. The fourth-order valence-electron chi connectivity index (χ4n) is 24.1. The molecule has 0 fully saturated rings. The van der Waals surface area contributed by atoms with Crippen molar-refractivity contribution in [2.75, 3.05) is 0 Å². The van der Waals surface area contributed by atoms with Gasteiger partial charge in [0.15, 0.2) is 0 Å². The molecule has 0 saturated carbocycles. The van der Waals surface area contributed by atoms with Crippen LogP contribution in [0.5, 0.6) is 0 Å². The van der Waals surface area contributed by atoms with Crippen LogP contribution in [0.15, 0.2) is 540 Å². The third kappa shape index (κ3) is 14.5. The van der Waals surface area contributed by atoms with E-state index in [0.717, 1.165) is 12.8 Å². The molecule has 29 aromatic rings. The van der Waals surface area contributed by atoms with E-state index < -0.39 is 0 Å². The third-order valence-corrected chi connectivity index (χ3v) is 30.4. The zero-order chi connectivity index (χ0) is 95.1. The highest BCUT2D eigenvalue weighted by Crippen LogP contribution is 2.54. The maximum Gasteiger partial charge on any atom is -0.00199 e. The molecule has 0 aromatic heterocycles. The Morgan fingerprint density at radius 2 is 0.333 bits per heavy atom. The van der Waals surface area contributed by atoms with Crippen LogP contribution in [-0.4, -0.2) is 0 Å². The molecule has 1 aliphatic rings. The van der Waals surface area contributed by atoms with E-state index in [1.807, 2.05) is 0 Å². The first-order valence-electron chi connectivity index (χ1n) is 50.3. The molecule has 0 heteroatoms. The molecule has 0 atom stereocenters. The standard InChI is InChI=1S/C38H26.C38H24.2C34H22/c1-3-15-27-25(12-1)14-11-23-31(27)37-32-19-7-9-21-34(32)38(35-22-10-8-20-33(35)37)36-24-26-13-2-4-16-28(26)29-17-5-6-18-30(29)36;1-2-12-26-23-28(22-21-25(26)11-1)37-32-17-7-9-19-34(32)38(35-20-10-8-18-33(35)37)36-24-27-13-3-4-14-29(27)30-15-5-6-16-31(30)36;1-3-15-25-23(11-1)13-9-21-27(25)33-29-17-5-7-19-31(29)34(32-20-8-6-18-30(32)33)28-22-10-14-24-12-2-4-16-26(24)28;1-2-12-25-22-26(21-20-23(25)10-1)33-29-15-5-7-17-31(29)34(32-18-8-6-16-30(32)33)28-19-9-13-24-11-3-4-14-27(24)28/h1,3-12,14-24H,2,13H2;1-24H;2*1-22H. The second kappa shape index (κ2) is 36.1. The Hall–Kier alpha value is -18.5. The predicted octanol–water partition coefficient (Wildman–Crippen LogP) is 40.6. The lowest BCUT2D eigenvalue weighted by Crippen LogP contribution is -1.98. The molecule has 0 aliphatic heterocycles. The molecule has 30 rings (SSSR count). The lowest BCUT2D eigenvalue weighted by atomic mass is 9.81. The topological polar surface area (TPSA) is 0 Å². The summed E-state index contributed by atoms with van der Waals surface area (Å²) in [7, 11) is 0. The Morgan fingerprint density at radius 3 is 0.646 bits per heavy atom. The minimum absolute atomic E-state index is 1.09. The van der Waals surface area contributed by atoms with Crippen LogP contribution in [0.3, 0.4) is 0 Å². The molecule has 144 heavy (non-hydrogen) atoms. The molecule has 0 radical (unpaired) electrons. The molecule has 0 nitrogen and oxygen atoms in total. The second-order valence-corrected chi connectivity index (χ2v) is 38.3. The van der Waals surface area contributed by atoms with E-state index in [1.54, 1.807) is 0 Å². The highest BCUT2D eigenvalue weighted by Gasteiger charge is 2.27. The molecule has 0 N–H and O–H groups in total. The smallest absolute Gasteiger partial charge is 0.00199 e. The van der Waals surface area contributed by atoms with Gasteiger partial charge in [-0.2, -0.15) is 0 Å². The zero-order valence-electron chi connectivity index (χ0n) is 79.4. The Labute approximate surface area is 835 Å². The van der Waals surface area contributed by atoms with Crippen molar-refractivity contribution in [2.24, 2.45) is 0 Å². The highest BCUT2D eigenvalue weighted by atomic mass is 14.3. The third-order valence-electron chi connectivity index (χ3n) is 30.4. The number of allylic oxidation sites excluding steroid dienone is 1. The molecular weight excluding hydrogens is 1730 g/mol. The minimum Gasteiger partial charge on any atom is -0.0836 e. The summed E-state index contributed by atoms with van der Waals surface area (Å²) in [5.41, 5.74) is 23.7. The van der Waals surface area contributed by atoms with Crippen LogP contribution in [0.1, 0.15) is 17.5 Å². The Balaban J connectivity index is 0.0000000957. The summed E-state index contributed by atoms with van der Waals surface area (Å²) in [4.78, 5) is 0. The maximum atomic E-state index is 2.48. The number of fused-ring (bicyclic) bond motifs is 20. The monoisotopic (exact) mass is 1820 g/mol. The molecular formula is C144H94. The summed E-state index contributed by atoms with van der Waals surface area (Å²) in [6, 6.07) is 195. The molecule has 0 spiro atoms. The molecule has 0 amide bonds. The van der Waals surface area contributed by atoms with Gasteiger partial charge in [0.25, 0.3) is 0 Å². The first-order valence-corrected chi connectivity index (χ1v) is 50.3. The minimum atomic E-state index is 1.09. The second-order valence-electron chi connectivity index (χ2n) is 38.3. The highest BCUT2D eigenvalue weighted by molar-refractivity contribution is 6.31. The van der Waals surface area contributed by atoms with Crippen LogP contribution >= 0.6 is 0 Å². The number of rotatable bonds is 8. The van der Waals surface area contributed by atoms with Crippen molar-refractivity contribution in [2.45, 2.75) is 12.8 Å². The Kier molecular flexibility index (Phi) is 21.2. The van der Waals surface area contributed by atoms with Crippen LogP contribution in [-0.2, 0) is 6.42 Å². The fourth-order valence-corrected chi connectivity index (χ4v) is 24.1. The first-order chi connectivity index (χ1) is 71.5. The normalized spacial score (nSPS) is 11.9. The lowest BCUT2D eigenvalue weighted by molar-refractivity contribution is 0.990. The summed E-state index contributed by atoms with van der Waals surface area (Å²) in [6.45, 7) is 0. The van der Waals surface area contributed by atoms with Crippen LogP contribution in [0.4, 0.5) is 0 Å². The van der Waals surface area contributed by atoms with Crippen LogP contribution in [0.25, 0.3) is 278 Å². The van der Waals surface area contributed by atoms with Crippen molar-refractivity contribution in [3.8, 4) is 89.0 Å². The Morgan fingerprint density at radius 1 is 0.118 bits per heavy atom. The van der Waals surface area contributed by atoms with Crippen LogP contribution in [0.2, 0.25) is 0 Å². The summed E-state index contributed by atoms with van der Waals surface area (Å²) in [5.74, 6) is 0. The van der Waals surface area contributed by atoms with Gasteiger partial charge in [-0.05, 0) is 320 Å². The zero-order valence-corrected chi connectivity index (χ0v) is 79.4. The first kappa shape index (κ1) is 84.8. The summed E-state index contributed by atoms with van der Waals surface area (Å²) >= 11 is 0. The average molecular weight is 1820 g/mol. The molecule has 29 aromatic carbocycles. The molecule has 0 bridgehead atoms. The number of hydrogen-bond donors (Lipinski definition) is 0. The summed E-state index contributed by atoms with van der Waals surface area (Å²) in [5, 5.41) is 43.9. The average Bonchev–Trinajstić information content (AvgIpc) is 0.725. The summed E-state index contributed by atoms with van der Waals surface area (Å²) in [6.07, 6.45) is 6.84. The van der Waals surface area contributed by atoms with E-state index in [4.69, 9.17) is 0 Å². The van der Waals surface area contributed by atoms with Gasteiger partial charge in [-0.1, -0.05) is 522 Å². The van der Waals surface area contributed by atoms with E-state index in [9.17, 15) is 0 Å². The van der Waals surface area contributed by atoms with Gasteiger partial charge in [0.1, 0.15) is 0 Å². The molecule has 0 heterocycles. The predicted molar refractivity (Wildman–Crippen MR) is 624 cm³/mol. The van der Waals surface area contributed by atoms with E-state index in [0.29, 0.717) is 0 Å². The van der Waals surface area contributed by atoms with Gasteiger partial charge in [0.05, 0.1) is 0 Å². The summed E-state index contributed by atoms with van der Waals surface area (Å²) < 4.78 is 0.